The van der Waals surface area contributed by atoms with Crippen LogP contribution in [0.15, 0.2) is 60.2 Å². The maximum Gasteiger partial charge on any atom is 0.257 e. The zero-order valence-electron chi connectivity index (χ0n) is 19.3. The van der Waals surface area contributed by atoms with Gasteiger partial charge in [0.05, 0.1) is 28.9 Å². The van der Waals surface area contributed by atoms with E-state index in [1.165, 1.54) is 17.0 Å². The van der Waals surface area contributed by atoms with Crippen molar-refractivity contribution in [2.75, 3.05) is 4.90 Å². The molecule has 6 unspecified atom stereocenters. The Morgan fingerprint density at radius 1 is 0.972 bits per heavy atom. The molecule has 6 atom stereocenters. The number of imide groups is 2. The number of hydrogen-bond acceptors (Lipinski definition) is 6. The first-order valence-electron chi connectivity index (χ1n) is 11.8. The number of amides is 4. The predicted octanol–water partition coefficient (Wildman–Crippen LogP) is 3.67. The Labute approximate surface area is 211 Å². The smallest absolute Gasteiger partial charge is 0.257 e. The number of rotatable bonds is 2. The molecule has 3 fully saturated rings. The topological polar surface area (TPSA) is 115 Å². The monoisotopic (exact) mass is 506 g/mol. The first-order chi connectivity index (χ1) is 17.2. The van der Waals surface area contributed by atoms with Gasteiger partial charge in [0.15, 0.2) is 0 Å². The Kier molecular flexibility index (Phi) is 4.94. The lowest BCUT2D eigenvalue weighted by atomic mass is 9.51. The summed E-state index contributed by atoms with van der Waals surface area (Å²) in [6.45, 7) is 1.73. The normalized spacial score (nSPS) is 33.4. The van der Waals surface area contributed by atoms with Crippen LogP contribution in [0.2, 0.25) is 5.02 Å². The van der Waals surface area contributed by atoms with Gasteiger partial charge in [0.25, 0.3) is 11.8 Å². The van der Waals surface area contributed by atoms with Gasteiger partial charge < -0.3 is 5.11 Å². The summed E-state index contributed by atoms with van der Waals surface area (Å²) in [5.74, 6) is -5.94. The number of anilines is 1. The van der Waals surface area contributed by atoms with Crippen LogP contribution in [0.1, 0.15) is 31.2 Å². The minimum absolute atomic E-state index is 0.0796. The number of phenols is 1. The van der Waals surface area contributed by atoms with Crippen molar-refractivity contribution in [2.45, 2.75) is 25.7 Å². The van der Waals surface area contributed by atoms with E-state index in [1.54, 1.807) is 43.3 Å². The van der Waals surface area contributed by atoms with Gasteiger partial charge >= 0.3 is 0 Å². The fourth-order valence-corrected chi connectivity index (χ4v) is 7.10. The molecule has 4 aliphatic rings. The molecule has 0 radical (unpaired) electrons. The van der Waals surface area contributed by atoms with E-state index in [1.807, 2.05) is 6.08 Å². The highest BCUT2D eigenvalue weighted by atomic mass is 35.5. The maximum absolute atomic E-state index is 14.1. The van der Waals surface area contributed by atoms with Crippen LogP contribution >= 0.6 is 11.6 Å². The quantitative estimate of drug-likeness (QED) is 0.365. The molecule has 2 aliphatic heterocycles. The zero-order valence-corrected chi connectivity index (χ0v) is 20.1. The number of phenolic OH excluding ortho intramolecular Hbond substituents is 1. The van der Waals surface area contributed by atoms with E-state index in [0.29, 0.717) is 21.8 Å². The standard InChI is InChI=1S/C27H23ClN2O6/c1-27-19(24(33)29(26(27)35)14-5-3-2-4-6-14)12-17-15(22(27)18-11-13(28)7-10-20(18)31)8-9-16-21(17)25(34)30(36)23(16)32/h2-8,10-11,16-17,19,21-22,31,36H,9,12H2,1H3. The SMILES string of the molecule is CC12C(=O)N(c3ccccc3)C(=O)C1CC1C(=CCC3C(=O)N(O)C(=O)C31)C2c1cc(Cl)ccc1O. The molecule has 1 saturated carbocycles. The lowest BCUT2D eigenvalue weighted by Gasteiger charge is -2.49. The third-order valence-corrected chi connectivity index (χ3v) is 8.80. The van der Waals surface area contributed by atoms with E-state index in [2.05, 4.69) is 0 Å². The van der Waals surface area contributed by atoms with Crippen LogP contribution in [0.3, 0.4) is 0 Å². The van der Waals surface area contributed by atoms with Crippen LogP contribution < -0.4 is 4.90 Å². The minimum atomic E-state index is -1.27. The van der Waals surface area contributed by atoms with Crippen molar-refractivity contribution in [1.82, 2.24) is 5.06 Å². The lowest BCUT2D eigenvalue weighted by molar-refractivity contribution is -0.173. The molecule has 2 aromatic rings. The van der Waals surface area contributed by atoms with Crippen LogP contribution in [0.4, 0.5) is 5.69 Å². The molecular weight excluding hydrogens is 484 g/mol. The highest BCUT2D eigenvalue weighted by molar-refractivity contribution is 6.30. The summed E-state index contributed by atoms with van der Waals surface area (Å²) in [5.41, 5.74) is 0.272. The molecular formula is C27H23ClN2O6. The van der Waals surface area contributed by atoms with Gasteiger partial charge in [-0.2, -0.15) is 5.06 Å². The fraction of sp³-hybridized carbons (Fsp3) is 0.333. The van der Waals surface area contributed by atoms with Crippen LogP contribution in [0.25, 0.3) is 0 Å². The maximum atomic E-state index is 14.1. The Hall–Kier alpha value is -3.49. The Balaban J connectivity index is 1.57. The van der Waals surface area contributed by atoms with Crippen molar-refractivity contribution in [3.05, 3.63) is 70.8 Å². The van der Waals surface area contributed by atoms with Gasteiger partial charge in [-0.25, -0.2) is 4.90 Å². The van der Waals surface area contributed by atoms with Crippen LogP contribution in [-0.2, 0) is 19.2 Å². The average Bonchev–Trinajstić information content (AvgIpc) is 3.21. The predicted molar refractivity (Wildman–Crippen MR) is 128 cm³/mol. The van der Waals surface area contributed by atoms with Gasteiger partial charge in [0, 0.05) is 16.5 Å². The number of hydroxylamine groups is 2. The summed E-state index contributed by atoms with van der Waals surface area (Å²) >= 11 is 6.31. The van der Waals surface area contributed by atoms with E-state index in [9.17, 15) is 29.5 Å². The molecule has 0 aromatic heterocycles. The number of fused-ring (bicyclic) bond motifs is 4. The van der Waals surface area contributed by atoms with Gasteiger partial charge in [-0.15, -0.1) is 0 Å². The third-order valence-electron chi connectivity index (χ3n) is 8.57. The second kappa shape index (κ2) is 7.75. The van der Waals surface area contributed by atoms with E-state index in [4.69, 9.17) is 11.6 Å². The summed E-state index contributed by atoms with van der Waals surface area (Å²) in [7, 11) is 0. The van der Waals surface area contributed by atoms with Crippen molar-refractivity contribution in [3.63, 3.8) is 0 Å². The largest absolute Gasteiger partial charge is 0.508 e. The second-order valence-electron chi connectivity index (χ2n) is 10.2. The van der Waals surface area contributed by atoms with Crippen molar-refractivity contribution >= 4 is 40.9 Å². The summed E-state index contributed by atoms with van der Waals surface area (Å²) in [6.07, 6.45) is 2.22. The lowest BCUT2D eigenvalue weighted by Crippen LogP contribution is -2.48. The van der Waals surface area contributed by atoms with Crippen LogP contribution in [0.5, 0.6) is 5.75 Å². The van der Waals surface area contributed by atoms with Gasteiger partial charge in [-0.3, -0.25) is 24.4 Å². The molecule has 2 saturated heterocycles. The number of nitrogens with zero attached hydrogens (tertiary/aromatic N) is 2. The third kappa shape index (κ3) is 2.85. The van der Waals surface area contributed by atoms with Gasteiger partial charge in [0.2, 0.25) is 11.8 Å². The highest BCUT2D eigenvalue weighted by Crippen LogP contribution is 2.64. The van der Waals surface area contributed by atoms with Gasteiger partial charge in [-0.1, -0.05) is 41.4 Å². The molecule has 9 heteroatoms. The summed E-state index contributed by atoms with van der Waals surface area (Å²) < 4.78 is 0. The number of hydrogen-bond donors (Lipinski definition) is 2. The summed E-state index contributed by atoms with van der Waals surface area (Å²) in [5, 5.41) is 21.5. The molecule has 8 nitrogen and oxygen atoms in total. The average molecular weight is 507 g/mol. The zero-order chi connectivity index (χ0) is 25.5. The number of benzene rings is 2. The van der Waals surface area contributed by atoms with Crippen LogP contribution in [0, 0.1) is 29.1 Å². The molecule has 6 rings (SSSR count). The molecule has 2 aromatic carbocycles. The number of carbonyl (C=O) groups is 4. The number of para-hydroxylation sites is 1. The van der Waals surface area contributed by atoms with Gasteiger partial charge in [0.1, 0.15) is 5.75 Å². The number of aromatic hydroxyl groups is 1. The van der Waals surface area contributed by atoms with E-state index in [0.717, 1.165) is 0 Å². The van der Waals surface area contributed by atoms with Gasteiger partial charge in [-0.05, 0) is 56.0 Å². The summed E-state index contributed by atoms with van der Waals surface area (Å²) in [6, 6.07) is 13.2. The minimum Gasteiger partial charge on any atom is -0.508 e. The van der Waals surface area contributed by atoms with Crippen LogP contribution in [-0.4, -0.2) is 39.0 Å². The summed E-state index contributed by atoms with van der Waals surface area (Å²) in [4.78, 5) is 54.7. The Bertz CT molecular complexity index is 1370. The molecule has 36 heavy (non-hydrogen) atoms. The molecule has 2 aliphatic carbocycles. The first-order valence-corrected chi connectivity index (χ1v) is 12.2. The van der Waals surface area contributed by atoms with Crippen molar-refractivity contribution in [2.24, 2.45) is 29.1 Å². The molecule has 0 spiro atoms. The number of allylic oxidation sites excluding steroid dienone is 2. The number of carbonyl (C=O) groups excluding carboxylic acids is 4. The molecule has 4 amide bonds. The van der Waals surface area contributed by atoms with E-state index < -0.39 is 52.7 Å². The highest BCUT2D eigenvalue weighted by Gasteiger charge is 2.67. The Morgan fingerprint density at radius 3 is 2.42 bits per heavy atom. The molecule has 2 N–H and O–H groups in total. The molecule has 184 valence electrons. The van der Waals surface area contributed by atoms with E-state index >= 15 is 0 Å². The van der Waals surface area contributed by atoms with Crippen molar-refractivity contribution in [1.29, 1.82) is 0 Å². The molecule has 0 bridgehead atoms. The fourth-order valence-electron chi connectivity index (χ4n) is 6.92. The Morgan fingerprint density at radius 2 is 1.69 bits per heavy atom. The number of halogens is 1. The second-order valence-corrected chi connectivity index (χ2v) is 10.6. The van der Waals surface area contributed by atoms with Crippen molar-refractivity contribution in [3.8, 4) is 5.75 Å². The van der Waals surface area contributed by atoms with E-state index in [-0.39, 0.29) is 29.6 Å². The first kappa shape index (κ1) is 22.9. The molecule has 2 heterocycles. The van der Waals surface area contributed by atoms with Crippen molar-refractivity contribution < 1.29 is 29.5 Å².